The minimum absolute atomic E-state index is 0.725. The van der Waals surface area contributed by atoms with E-state index in [1.54, 1.807) is 12.4 Å². The van der Waals surface area contributed by atoms with E-state index in [1.165, 1.54) is 82.6 Å². The molecule has 13 heteroatoms. The second-order valence-corrected chi connectivity index (χ2v) is 33.5. The molecule has 27 rings (SSSR count). The first kappa shape index (κ1) is 78.0. The van der Waals surface area contributed by atoms with Gasteiger partial charge in [-0.05, 0) is 167 Å². The fourth-order valence-corrected chi connectivity index (χ4v) is 19.7. The number of imidazole rings is 3. The molecule has 0 saturated carbocycles. The van der Waals surface area contributed by atoms with Gasteiger partial charge in [0.25, 0.3) is 0 Å². The molecule has 0 atom stereocenters. The molecule has 0 bridgehead atoms. The van der Waals surface area contributed by atoms with Gasteiger partial charge in [-0.25, -0.2) is 24.9 Å². The van der Waals surface area contributed by atoms with E-state index < -0.39 is 0 Å². The van der Waals surface area contributed by atoms with E-state index >= 15 is 0 Å². The number of aromatic nitrogens is 13. The zero-order chi connectivity index (χ0) is 88.5. The Bertz CT molecular complexity index is 9080. The van der Waals surface area contributed by atoms with Crippen LogP contribution in [0.5, 0.6) is 0 Å². The highest BCUT2D eigenvalue weighted by molar-refractivity contribution is 6.13. The molecule has 628 valence electrons. The summed E-state index contributed by atoms with van der Waals surface area (Å²) in [5.41, 5.74) is 37.9. The first-order valence-corrected chi connectivity index (χ1v) is 45.1. The quantitative estimate of drug-likeness (QED) is 0.113. The fraction of sp³-hybridized carbons (Fsp3) is 0. The Kier molecular flexibility index (Phi) is 19.2. The van der Waals surface area contributed by atoms with Crippen molar-refractivity contribution in [3.05, 3.63) is 480 Å². The highest BCUT2D eigenvalue weighted by atomic mass is 15.2. The number of pyridine rings is 3. The van der Waals surface area contributed by atoms with E-state index in [4.69, 9.17) is 24.9 Å². The number of hydrogen-bond donors (Lipinski definition) is 0. The van der Waals surface area contributed by atoms with Crippen LogP contribution in [-0.4, -0.2) is 61.8 Å². The molecule has 27 aromatic rings. The van der Waals surface area contributed by atoms with Crippen LogP contribution in [0.4, 0.5) is 0 Å². The summed E-state index contributed by atoms with van der Waals surface area (Å²) in [6, 6.07) is 164. The SMILES string of the molecule is c1ccc(-c2c3ccccc3n3c4ccccc4n(-c4ccc(-c5cc(-c6ccccn6)nc(-c6ccccn6)c5)cc4)c23)cc1.c1ccc(-c2nc(-c3ccc(-n4c5ccccc5n5c6ccccc6c(-c6ccccc6)c45)cc3)c3ccccc3n2)cc1.c1ccc(-c2nc(-c3cccc(-n4c5ccccc5n5c6ccccc6c(-c6ccccc6)c45)c3)c3ccccc3n2)cc1. The Hall–Kier alpha value is -18.3. The molecule has 0 saturated heterocycles. The van der Waals surface area contributed by atoms with Gasteiger partial charge in [-0.2, -0.15) is 0 Å². The lowest BCUT2D eigenvalue weighted by atomic mass is 10.0. The summed E-state index contributed by atoms with van der Waals surface area (Å²) in [5.74, 6) is 1.46. The Labute approximate surface area is 770 Å². The second kappa shape index (κ2) is 33.1. The fourth-order valence-electron chi connectivity index (χ4n) is 19.7. The standard InChI is InChI=1S/C41H27N5.2C40H26N4/c1-2-12-29(13-3-1)40-32-14-4-5-17-37(32)46-39-19-7-6-18-38(39)45(41(40)46)31-22-20-28(21-23-31)30-26-35(33-15-8-10-24-42-33)44-36(27-30)34-16-9-11-25-43-34;1-3-14-27(15-4-1)37-32-21-8-10-23-34(32)44-36-25-12-11-24-35(36)43(40(37)44)30-19-13-18-29(26-30)38-31-20-7-9-22-33(31)41-39(42-38)28-16-5-2-6-17-28;1-3-13-27(14-4-1)37-32-18-8-10-20-34(32)44-36-22-12-11-21-35(36)43(40(37)44)30-25-23-28(24-26-30)38-31-17-7-9-19-33(31)41-39(42-38)29-15-5-2-6-16-29/h1-27H;2*1-26H. The Morgan fingerprint density at radius 1 is 0.164 bits per heavy atom. The van der Waals surface area contributed by atoms with E-state index in [0.29, 0.717) is 0 Å². The minimum Gasteiger partial charge on any atom is -0.293 e. The number of fused-ring (bicyclic) bond motifs is 17. The van der Waals surface area contributed by atoms with E-state index in [0.717, 1.165) is 152 Å². The van der Waals surface area contributed by atoms with Crippen molar-refractivity contribution < 1.29 is 0 Å². The van der Waals surface area contributed by atoms with Gasteiger partial charge in [-0.15, -0.1) is 0 Å². The normalized spacial score (nSPS) is 11.6. The lowest BCUT2D eigenvalue weighted by Gasteiger charge is -2.13. The molecule has 16 aromatic carbocycles. The van der Waals surface area contributed by atoms with Gasteiger partial charge in [0.2, 0.25) is 0 Å². The molecule has 0 N–H and O–H groups in total. The van der Waals surface area contributed by atoms with Gasteiger partial charge in [0, 0.05) is 95.3 Å². The Morgan fingerprint density at radius 3 is 0.851 bits per heavy atom. The summed E-state index contributed by atoms with van der Waals surface area (Å²) in [4.78, 5) is 34.2. The largest absolute Gasteiger partial charge is 0.293 e. The smallest absolute Gasteiger partial charge is 0.160 e. The summed E-state index contributed by atoms with van der Waals surface area (Å²) in [6.45, 7) is 0. The number of nitrogens with zero attached hydrogens (tertiary/aromatic N) is 13. The van der Waals surface area contributed by atoms with Crippen molar-refractivity contribution in [1.82, 2.24) is 61.8 Å². The van der Waals surface area contributed by atoms with E-state index in [2.05, 4.69) is 419 Å². The molecule has 0 radical (unpaired) electrons. The van der Waals surface area contributed by atoms with Crippen molar-refractivity contribution in [3.8, 4) is 130 Å². The van der Waals surface area contributed by atoms with Crippen molar-refractivity contribution in [1.29, 1.82) is 0 Å². The third kappa shape index (κ3) is 13.4. The van der Waals surface area contributed by atoms with Crippen LogP contribution in [0, 0.1) is 0 Å². The van der Waals surface area contributed by atoms with Crippen LogP contribution in [0.1, 0.15) is 0 Å². The molecule has 0 fully saturated rings. The summed E-state index contributed by atoms with van der Waals surface area (Å²) in [6.07, 6.45) is 3.60. The predicted octanol–water partition coefficient (Wildman–Crippen LogP) is 29.9. The molecule has 0 spiro atoms. The molecule has 0 amide bonds. The summed E-state index contributed by atoms with van der Waals surface area (Å²) >= 11 is 0. The topological polar surface area (TPSA) is 118 Å². The van der Waals surface area contributed by atoms with Crippen LogP contribution in [0.3, 0.4) is 0 Å². The molecule has 13 nitrogen and oxygen atoms in total. The van der Waals surface area contributed by atoms with Crippen LogP contribution in [0.25, 0.3) is 234 Å². The molecule has 0 aliphatic rings. The molecule has 134 heavy (non-hydrogen) atoms. The van der Waals surface area contributed by atoms with Crippen molar-refractivity contribution >= 4 is 105 Å². The van der Waals surface area contributed by atoms with Crippen molar-refractivity contribution in [2.45, 2.75) is 0 Å². The molecule has 0 aliphatic carbocycles. The van der Waals surface area contributed by atoms with E-state index in [-0.39, 0.29) is 0 Å². The third-order valence-electron chi connectivity index (χ3n) is 25.6. The van der Waals surface area contributed by atoms with Gasteiger partial charge >= 0.3 is 0 Å². The Morgan fingerprint density at radius 2 is 0.470 bits per heavy atom. The third-order valence-corrected chi connectivity index (χ3v) is 25.6. The highest BCUT2D eigenvalue weighted by Gasteiger charge is 2.28. The highest BCUT2D eigenvalue weighted by Crippen LogP contribution is 2.47. The zero-order valence-corrected chi connectivity index (χ0v) is 72.4. The van der Waals surface area contributed by atoms with Crippen LogP contribution in [0.2, 0.25) is 0 Å². The van der Waals surface area contributed by atoms with Crippen LogP contribution in [0.15, 0.2) is 480 Å². The van der Waals surface area contributed by atoms with Crippen LogP contribution in [-0.2, 0) is 0 Å². The van der Waals surface area contributed by atoms with E-state index in [1.807, 2.05) is 84.9 Å². The minimum atomic E-state index is 0.725. The number of para-hydroxylation sites is 11. The van der Waals surface area contributed by atoms with Crippen LogP contribution < -0.4 is 0 Å². The average Bonchev–Trinajstić information content (AvgIpc) is 1.55. The van der Waals surface area contributed by atoms with Gasteiger partial charge in [0.05, 0.1) is 94.8 Å². The predicted molar refractivity (Wildman–Crippen MR) is 549 cm³/mol. The Balaban J connectivity index is 0.000000108. The van der Waals surface area contributed by atoms with Gasteiger partial charge in [-0.1, -0.05) is 328 Å². The zero-order valence-electron chi connectivity index (χ0n) is 72.4. The maximum Gasteiger partial charge on any atom is 0.160 e. The lowest BCUT2D eigenvalue weighted by Crippen LogP contribution is -1.98. The van der Waals surface area contributed by atoms with Gasteiger partial charge < -0.3 is 0 Å². The number of hydrogen-bond acceptors (Lipinski definition) is 7. The van der Waals surface area contributed by atoms with Crippen molar-refractivity contribution in [3.63, 3.8) is 0 Å². The lowest BCUT2D eigenvalue weighted by molar-refractivity contribution is 1.15. The first-order chi connectivity index (χ1) is 66.5. The molecule has 0 aliphatic heterocycles. The summed E-state index contributed by atoms with van der Waals surface area (Å²) in [5, 5.41) is 5.79. The van der Waals surface area contributed by atoms with E-state index in [9.17, 15) is 0 Å². The average molecular weight is 1720 g/mol. The first-order valence-electron chi connectivity index (χ1n) is 45.1. The molecular formula is C121H79N13. The van der Waals surface area contributed by atoms with Gasteiger partial charge in [0.1, 0.15) is 16.9 Å². The van der Waals surface area contributed by atoms with Crippen molar-refractivity contribution in [2.24, 2.45) is 0 Å². The molecule has 11 heterocycles. The van der Waals surface area contributed by atoms with Crippen LogP contribution >= 0.6 is 0 Å². The molecule has 0 unspecified atom stereocenters. The van der Waals surface area contributed by atoms with Gasteiger partial charge in [-0.3, -0.25) is 36.9 Å². The second-order valence-electron chi connectivity index (χ2n) is 33.5. The number of rotatable bonds is 13. The van der Waals surface area contributed by atoms with Crippen molar-refractivity contribution in [2.75, 3.05) is 0 Å². The summed E-state index contributed by atoms with van der Waals surface area (Å²) < 4.78 is 14.4. The number of benzene rings is 16. The molecular weight excluding hydrogens is 1640 g/mol. The monoisotopic (exact) mass is 1710 g/mol. The summed E-state index contributed by atoms with van der Waals surface area (Å²) in [7, 11) is 0. The van der Waals surface area contributed by atoms with Gasteiger partial charge in [0.15, 0.2) is 11.6 Å². The maximum atomic E-state index is 5.16. The molecule has 11 aromatic heterocycles. The maximum absolute atomic E-state index is 5.16.